The summed E-state index contributed by atoms with van der Waals surface area (Å²) < 4.78 is 5.48. The van der Waals surface area contributed by atoms with E-state index in [9.17, 15) is 5.11 Å². The monoisotopic (exact) mass is 220 g/mol. The van der Waals surface area contributed by atoms with Gasteiger partial charge >= 0.3 is 0 Å². The fourth-order valence-corrected chi connectivity index (χ4v) is 2.49. The van der Waals surface area contributed by atoms with Crippen molar-refractivity contribution in [3.05, 3.63) is 29.8 Å². The molecular formula is C14H20O2. The first-order valence-corrected chi connectivity index (χ1v) is 6.19. The first-order chi connectivity index (χ1) is 7.79. The lowest BCUT2D eigenvalue weighted by Gasteiger charge is -2.14. The molecule has 0 heterocycles. The van der Waals surface area contributed by atoms with E-state index in [1.54, 1.807) is 0 Å². The normalized spacial score (nSPS) is 24.6. The quantitative estimate of drug-likeness (QED) is 0.845. The predicted octanol–water partition coefficient (Wildman–Crippen LogP) is 2.79. The summed E-state index contributed by atoms with van der Waals surface area (Å²) in [4.78, 5) is 0. The van der Waals surface area contributed by atoms with Crippen molar-refractivity contribution in [2.24, 2.45) is 5.92 Å². The molecule has 2 atom stereocenters. The summed E-state index contributed by atoms with van der Waals surface area (Å²) in [6, 6.07) is 8.22. The van der Waals surface area contributed by atoms with Crippen molar-refractivity contribution in [3.8, 4) is 5.75 Å². The molecule has 1 aromatic carbocycles. The topological polar surface area (TPSA) is 29.5 Å². The van der Waals surface area contributed by atoms with Crippen LogP contribution in [0.15, 0.2) is 24.3 Å². The van der Waals surface area contributed by atoms with Crippen molar-refractivity contribution >= 4 is 0 Å². The number of hydrogen-bond acceptors (Lipinski definition) is 2. The maximum Gasteiger partial charge on any atom is 0.119 e. The van der Waals surface area contributed by atoms with Crippen LogP contribution in [-0.4, -0.2) is 17.8 Å². The fraction of sp³-hybridized carbons (Fsp3) is 0.571. The Labute approximate surface area is 97.3 Å². The van der Waals surface area contributed by atoms with Crippen LogP contribution in [0.2, 0.25) is 0 Å². The number of benzene rings is 1. The Morgan fingerprint density at radius 3 is 2.94 bits per heavy atom. The summed E-state index contributed by atoms with van der Waals surface area (Å²) in [7, 11) is 0. The molecule has 1 aromatic rings. The molecule has 1 aliphatic rings. The van der Waals surface area contributed by atoms with E-state index in [2.05, 4.69) is 12.1 Å². The third kappa shape index (κ3) is 2.76. The van der Waals surface area contributed by atoms with Crippen LogP contribution in [0.3, 0.4) is 0 Å². The van der Waals surface area contributed by atoms with Crippen molar-refractivity contribution in [1.29, 1.82) is 0 Å². The first-order valence-electron chi connectivity index (χ1n) is 6.19. The molecule has 0 aliphatic heterocycles. The van der Waals surface area contributed by atoms with Crippen LogP contribution < -0.4 is 4.74 Å². The summed E-state index contributed by atoms with van der Waals surface area (Å²) >= 11 is 0. The number of aliphatic hydroxyl groups is 1. The molecule has 1 fully saturated rings. The van der Waals surface area contributed by atoms with Gasteiger partial charge in [0.05, 0.1) is 12.7 Å². The van der Waals surface area contributed by atoms with Crippen molar-refractivity contribution in [2.45, 2.75) is 38.7 Å². The van der Waals surface area contributed by atoms with Crippen LogP contribution in [0, 0.1) is 5.92 Å². The molecule has 16 heavy (non-hydrogen) atoms. The van der Waals surface area contributed by atoms with Gasteiger partial charge in [-0.15, -0.1) is 0 Å². The van der Waals surface area contributed by atoms with E-state index in [0.29, 0.717) is 12.5 Å². The molecule has 0 spiro atoms. The van der Waals surface area contributed by atoms with Gasteiger partial charge in [-0.3, -0.25) is 0 Å². The van der Waals surface area contributed by atoms with Gasteiger partial charge in [0.2, 0.25) is 0 Å². The van der Waals surface area contributed by atoms with Gasteiger partial charge in [-0.05, 0) is 49.8 Å². The molecule has 0 aromatic heterocycles. The molecule has 1 saturated carbocycles. The van der Waals surface area contributed by atoms with E-state index < -0.39 is 0 Å². The van der Waals surface area contributed by atoms with Crippen molar-refractivity contribution in [3.63, 3.8) is 0 Å². The highest BCUT2D eigenvalue weighted by molar-refractivity contribution is 5.29. The van der Waals surface area contributed by atoms with Gasteiger partial charge < -0.3 is 9.84 Å². The maximum absolute atomic E-state index is 9.79. The Hall–Kier alpha value is -1.02. The highest BCUT2D eigenvalue weighted by Gasteiger charge is 2.25. The van der Waals surface area contributed by atoms with Crippen molar-refractivity contribution in [1.82, 2.24) is 0 Å². The molecule has 2 heteroatoms. The highest BCUT2D eigenvalue weighted by Crippen LogP contribution is 2.29. The van der Waals surface area contributed by atoms with Gasteiger partial charge in [0.25, 0.3) is 0 Å². The smallest absolute Gasteiger partial charge is 0.119 e. The molecule has 0 amide bonds. The second kappa shape index (κ2) is 5.35. The first kappa shape index (κ1) is 11.5. The Morgan fingerprint density at radius 2 is 2.25 bits per heavy atom. The number of aliphatic hydroxyl groups excluding tert-OH is 1. The van der Waals surface area contributed by atoms with E-state index in [1.807, 2.05) is 19.1 Å². The highest BCUT2D eigenvalue weighted by atomic mass is 16.5. The van der Waals surface area contributed by atoms with Gasteiger partial charge in [-0.25, -0.2) is 0 Å². The largest absolute Gasteiger partial charge is 0.494 e. The molecule has 0 bridgehead atoms. The Bertz CT molecular complexity index is 335. The van der Waals surface area contributed by atoms with Crippen molar-refractivity contribution < 1.29 is 9.84 Å². The summed E-state index contributed by atoms with van der Waals surface area (Å²) in [5.74, 6) is 1.38. The minimum absolute atomic E-state index is 0.101. The molecular weight excluding hydrogens is 200 g/mol. The lowest BCUT2D eigenvalue weighted by Crippen LogP contribution is -2.15. The zero-order valence-electron chi connectivity index (χ0n) is 9.86. The summed E-state index contributed by atoms with van der Waals surface area (Å²) in [6.07, 6.45) is 4.16. The average molecular weight is 220 g/mol. The van der Waals surface area contributed by atoms with E-state index in [0.717, 1.165) is 31.4 Å². The van der Waals surface area contributed by atoms with E-state index in [-0.39, 0.29) is 6.10 Å². The lowest BCUT2D eigenvalue weighted by atomic mass is 9.96. The van der Waals surface area contributed by atoms with Crippen LogP contribution in [0.25, 0.3) is 0 Å². The molecule has 1 aliphatic carbocycles. The minimum Gasteiger partial charge on any atom is -0.494 e. The van der Waals surface area contributed by atoms with E-state index >= 15 is 0 Å². The number of rotatable bonds is 4. The van der Waals surface area contributed by atoms with Gasteiger partial charge in [-0.2, -0.15) is 0 Å². The van der Waals surface area contributed by atoms with Gasteiger partial charge in [0.15, 0.2) is 0 Å². The second-order valence-electron chi connectivity index (χ2n) is 4.54. The Balaban J connectivity index is 2.00. The molecule has 2 rings (SSSR count). The van der Waals surface area contributed by atoms with Gasteiger partial charge in [0.1, 0.15) is 5.75 Å². The Kier molecular flexibility index (Phi) is 3.83. The number of ether oxygens (including phenoxy) is 1. The zero-order valence-corrected chi connectivity index (χ0v) is 9.86. The van der Waals surface area contributed by atoms with Gasteiger partial charge in [0, 0.05) is 0 Å². The average Bonchev–Trinajstić information content (AvgIpc) is 2.66. The van der Waals surface area contributed by atoms with Crippen LogP contribution in [0.4, 0.5) is 0 Å². The number of hydrogen-bond donors (Lipinski definition) is 1. The Morgan fingerprint density at radius 1 is 1.38 bits per heavy atom. The van der Waals surface area contributed by atoms with Gasteiger partial charge in [-0.1, -0.05) is 18.6 Å². The molecule has 88 valence electrons. The molecule has 2 nitrogen and oxygen atoms in total. The SMILES string of the molecule is CCOc1cccc(CC2CCCC2O)c1. The predicted molar refractivity (Wildman–Crippen MR) is 64.7 cm³/mol. The fourth-order valence-electron chi connectivity index (χ4n) is 2.49. The molecule has 1 N–H and O–H groups in total. The van der Waals surface area contributed by atoms with Crippen molar-refractivity contribution in [2.75, 3.05) is 6.61 Å². The van der Waals surface area contributed by atoms with Crippen LogP contribution in [0.1, 0.15) is 31.7 Å². The molecule has 0 saturated heterocycles. The molecule has 0 radical (unpaired) electrons. The maximum atomic E-state index is 9.79. The second-order valence-corrected chi connectivity index (χ2v) is 4.54. The minimum atomic E-state index is -0.101. The van der Waals surface area contributed by atoms with Crippen LogP contribution in [0.5, 0.6) is 5.75 Å². The third-order valence-corrected chi connectivity index (χ3v) is 3.33. The van der Waals surface area contributed by atoms with Crippen LogP contribution in [-0.2, 0) is 6.42 Å². The van der Waals surface area contributed by atoms with E-state index in [1.165, 1.54) is 5.56 Å². The standard InChI is InChI=1S/C14H20O2/c1-2-16-13-7-3-5-11(10-13)9-12-6-4-8-14(12)15/h3,5,7,10,12,14-15H,2,4,6,8-9H2,1H3. The summed E-state index contributed by atoms with van der Waals surface area (Å²) in [5, 5.41) is 9.79. The summed E-state index contributed by atoms with van der Waals surface area (Å²) in [5.41, 5.74) is 1.27. The lowest BCUT2D eigenvalue weighted by molar-refractivity contribution is 0.132. The molecule has 2 unspecified atom stereocenters. The summed E-state index contributed by atoms with van der Waals surface area (Å²) in [6.45, 7) is 2.70. The third-order valence-electron chi connectivity index (χ3n) is 3.33. The van der Waals surface area contributed by atoms with Crippen LogP contribution >= 0.6 is 0 Å². The zero-order chi connectivity index (χ0) is 11.4. The van der Waals surface area contributed by atoms with E-state index in [4.69, 9.17) is 4.74 Å².